The molecular weight excluding hydrogens is 379 g/mol. The minimum atomic E-state index is -0.333. The Balaban J connectivity index is 1.86. The van der Waals surface area contributed by atoms with E-state index in [1.807, 2.05) is 50.2 Å². The maximum Gasteiger partial charge on any atom is 0.150 e. The Morgan fingerprint density at radius 2 is 1.97 bits per heavy atom. The normalized spacial score (nSPS) is 11.8. The van der Waals surface area contributed by atoms with E-state index in [0.29, 0.717) is 17.1 Å². The summed E-state index contributed by atoms with van der Waals surface area (Å²) < 4.78 is 13.9. The summed E-state index contributed by atoms with van der Waals surface area (Å²) in [5.41, 5.74) is 10.1. The lowest BCUT2D eigenvalue weighted by Gasteiger charge is -2.20. The number of aryl methyl sites for hydroxylation is 1. The lowest BCUT2D eigenvalue weighted by molar-refractivity contribution is 0.628. The second-order valence-corrected chi connectivity index (χ2v) is 7.09. The average Bonchev–Trinajstić information content (AvgIpc) is 2.73. The van der Waals surface area contributed by atoms with Crippen molar-refractivity contribution in [2.24, 2.45) is 0 Å². The second-order valence-electron chi connectivity index (χ2n) is 7.09. The number of pyridine rings is 1. The van der Waals surface area contributed by atoms with Crippen molar-refractivity contribution in [3.63, 3.8) is 0 Å². The molecule has 0 saturated carbocycles. The maximum atomic E-state index is 13.9. The van der Waals surface area contributed by atoms with Crippen molar-refractivity contribution in [2.45, 2.75) is 19.9 Å². The predicted molar refractivity (Wildman–Crippen MR) is 115 cm³/mol. The topological polar surface area (TPSA) is 101 Å². The Hall–Kier alpha value is -4.05. The monoisotopic (exact) mass is 398 g/mol. The van der Waals surface area contributed by atoms with Crippen LogP contribution < -0.4 is 11.1 Å². The van der Waals surface area contributed by atoms with Gasteiger partial charge in [-0.25, -0.2) is 19.3 Å². The van der Waals surface area contributed by atoms with Crippen molar-refractivity contribution in [1.29, 1.82) is 5.26 Å². The molecule has 30 heavy (non-hydrogen) atoms. The molecule has 148 valence electrons. The van der Waals surface area contributed by atoms with Crippen molar-refractivity contribution in [3.8, 4) is 17.3 Å². The number of anilines is 2. The van der Waals surface area contributed by atoms with Gasteiger partial charge in [-0.2, -0.15) is 5.26 Å². The fraction of sp³-hybridized carbons (Fsp3) is 0.130. The van der Waals surface area contributed by atoms with Gasteiger partial charge in [-0.1, -0.05) is 24.3 Å². The van der Waals surface area contributed by atoms with Gasteiger partial charge < -0.3 is 11.1 Å². The zero-order valence-electron chi connectivity index (χ0n) is 16.5. The van der Waals surface area contributed by atoms with E-state index in [4.69, 9.17) is 10.7 Å². The minimum Gasteiger partial charge on any atom is -0.382 e. The van der Waals surface area contributed by atoms with E-state index in [1.165, 1.54) is 18.5 Å². The lowest BCUT2D eigenvalue weighted by Crippen LogP contribution is -2.13. The number of nitrogens with zero attached hydrogens (tertiary/aromatic N) is 4. The highest BCUT2D eigenvalue weighted by Crippen LogP contribution is 2.32. The molecule has 0 unspecified atom stereocenters. The van der Waals surface area contributed by atoms with Gasteiger partial charge in [-0.05, 0) is 43.7 Å². The van der Waals surface area contributed by atoms with Gasteiger partial charge >= 0.3 is 0 Å². The van der Waals surface area contributed by atoms with Crippen LogP contribution in [0.5, 0.6) is 0 Å². The summed E-state index contributed by atoms with van der Waals surface area (Å²) in [6.45, 7) is 3.93. The third kappa shape index (κ3) is 3.63. The molecule has 0 amide bonds. The Morgan fingerprint density at radius 3 is 2.73 bits per heavy atom. The molecule has 0 bridgehead atoms. The standard InChI is InChI=1S/C23H19FN6/c1-13-6-7-15-10-18(14(2)29-23-19(11-25)22(26)27-12-28-23)21(30-20(15)8-13)16-4-3-5-17(24)9-16/h3-10,12,14H,1-2H3,(H3,26,27,28,29)/t14-/m0/s1. The summed E-state index contributed by atoms with van der Waals surface area (Å²) in [6.07, 6.45) is 1.31. The second kappa shape index (κ2) is 7.76. The molecule has 0 spiro atoms. The molecule has 4 rings (SSSR count). The molecule has 0 aliphatic heterocycles. The van der Waals surface area contributed by atoms with Crippen LogP contribution >= 0.6 is 0 Å². The van der Waals surface area contributed by atoms with Crippen LogP contribution in [0, 0.1) is 24.1 Å². The van der Waals surface area contributed by atoms with Crippen molar-refractivity contribution >= 4 is 22.5 Å². The van der Waals surface area contributed by atoms with Crippen molar-refractivity contribution in [1.82, 2.24) is 15.0 Å². The van der Waals surface area contributed by atoms with Crippen LogP contribution in [0.2, 0.25) is 0 Å². The summed E-state index contributed by atoms with van der Waals surface area (Å²) >= 11 is 0. The minimum absolute atomic E-state index is 0.111. The van der Waals surface area contributed by atoms with Crippen LogP contribution in [0.15, 0.2) is 54.9 Å². The summed E-state index contributed by atoms with van der Waals surface area (Å²) in [5.74, 6) is 0.118. The van der Waals surface area contributed by atoms with Crippen molar-refractivity contribution in [2.75, 3.05) is 11.1 Å². The Labute approximate surface area is 173 Å². The molecular formula is C23H19FN6. The predicted octanol–water partition coefficient (Wildman–Crippen LogP) is 4.77. The number of nitrogen functional groups attached to an aromatic ring is 1. The van der Waals surface area contributed by atoms with Crippen molar-refractivity contribution < 1.29 is 4.39 Å². The zero-order valence-corrected chi connectivity index (χ0v) is 16.5. The molecule has 6 nitrogen and oxygen atoms in total. The summed E-state index contributed by atoms with van der Waals surface area (Å²) in [4.78, 5) is 12.9. The number of nitrogens with two attached hydrogens (primary N) is 1. The van der Waals surface area contributed by atoms with E-state index in [9.17, 15) is 9.65 Å². The first-order chi connectivity index (χ1) is 14.5. The fourth-order valence-electron chi connectivity index (χ4n) is 3.39. The first-order valence-electron chi connectivity index (χ1n) is 9.40. The van der Waals surface area contributed by atoms with E-state index < -0.39 is 0 Å². The third-order valence-electron chi connectivity index (χ3n) is 4.91. The number of aromatic nitrogens is 3. The van der Waals surface area contributed by atoms with Gasteiger partial charge in [-0.3, -0.25) is 0 Å². The molecule has 7 heteroatoms. The summed E-state index contributed by atoms with van der Waals surface area (Å²) in [5, 5.41) is 13.6. The molecule has 0 aliphatic rings. The van der Waals surface area contributed by atoms with E-state index in [2.05, 4.69) is 15.3 Å². The van der Waals surface area contributed by atoms with Crippen LogP contribution in [0.3, 0.4) is 0 Å². The highest BCUT2D eigenvalue weighted by Gasteiger charge is 2.18. The third-order valence-corrected chi connectivity index (χ3v) is 4.91. The quantitative estimate of drug-likeness (QED) is 0.514. The van der Waals surface area contributed by atoms with E-state index in [1.54, 1.807) is 6.07 Å². The maximum absolute atomic E-state index is 13.9. The van der Waals surface area contributed by atoms with Gasteiger partial charge in [0.15, 0.2) is 0 Å². The van der Waals surface area contributed by atoms with Crippen LogP contribution in [0.1, 0.15) is 29.7 Å². The zero-order chi connectivity index (χ0) is 21.3. The van der Waals surface area contributed by atoms with Gasteiger partial charge in [0.2, 0.25) is 0 Å². The van der Waals surface area contributed by atoms with E-state index in [0.717, 1.165) is 22.0 Å². The van der Waals surface area contributed by atoms with Crippen LogP contribution in [0.25, 0.3) is 22.2 Å². The van der Waals surface area contributed by atoms with Crippen LogP contribution in [-0.2, 0) is 0 Å². The fourth-order valence-corrected chi connectivity index (χ4v) is 3.39. The number of halogens is 1. The molecule has 0 fully saturated rings. The molecule has 4 aromatic rings. The Kier molecular flexibility index (Phi) is 4.98. The van der Waals surface area contributed by atoms with Gasteiger partial charge in [0.05, 0.1) is 17.3 Å². The average molecular weight is 398 g/mol. The molecule has 0 aliphatic carbocycles. The largest absolute Gasteiger partial charge is 0.382 e. The number of hydrogen-bond acceptors (Lipinski definition) is 6. The molecule has 2 aromatic heterocycles. The van der Waals surface area contributed by atoms with Gasteiger partial charge in [0.25, 0.3) is 0 Å². The number of rotatable bonds is 4. The van der Waals surface area contributed by atoms with Gasteiger partial charge in [0, 0.05) is 16.5 Å². The Bertz CT molecular complexity index is 1290. The van der Waals surface area contributed by atoms with Gasteiger partial charge in [-0.15, -0.1) is 0 Å². The molecule has 3 N–H and O–H groups in total. The van der Waals surface area contributed by atoms with E-state index >= 15 is 0 Å². The number of benzene rings is 2. The SMILES string of the molecule is Cc1ccc2cc([C@H](C)Nc3ncnc(N)c3C#N)c(-c3cccc(F)c3)nc2c1. The highest BCUT2D eigenvalue weighted by molar-refractivity contribution is 5.84. The van der Waals surface area contributed by atoms with Crippen LogP contribution in [-0.4, -0.2) is 15.0 Å². The molecule has 1 atom stereocenters. The molecule has 0 saturated heterocycles. The smallest absolute Gasteiger partial charge is 0.150 e. The van der Waals surface area contributed by atoms with E-state index in [-0.39, 0.29) is 23.2 Å². The molecule has 2 aromatic carbocycles. The molecule has 2 heterocycles. The molecule has 0 radical (unpaired) electrons. The van der Waals surface area contributed by atoms with Crippen LogP contribution in [0.4, 0.5) is 16.0 Å². The van der Waals surface area contributed by atoms with Crippen molar-refractivity contribution in [3.05, 3.63) is 77.4 Å². The number of nitrogens with one attached hydrogen (secondary N) is 1. The first kappa shape index (κ1) is 19.3. The van der Waals surface area contributed by atoms with Gasteiger partial charge in [0.1, 0.15) is 35.4 Å². The lowest BCUT2D eigenvalue weighted by atomic mass is 9.98. The highest BCUT2D eigenvalue weighted by atomic mass is 19.1. The number of fused-ring (bicyclic) bond motifs is 1. The summed E-state index contributed by atoms with van der Waals surface area (Å²) in [7, 11) is 0. The number of hydrogen-bond donors (Lipinski definition) is 2. The first-order valence-corrected chi connectivity index (χ1v) is 9.40. The summed E-state index contributed by atoms with van der Waals surface area (Å²) in [6, 6.07) is 16.1. The number of nitriles is 1. The Morgan fingerprint density at radius 1 is 1.13 bits per heavy atom.